The molecule has 28 heavy (non-hydrogen) atoms. The maximum absolute atomic E-state index is 6.16. The lowest BCUT2D eigenvalue weighted by atomic mass is 10.0. The quantitative estimate of drug-likeness (QED) is 0.560. The minimum absolute atomic E-state index is 0.135. The molecule has 1 atom stereocenters. The van der Waals surface area contributed by atoms with Crippen molar-refractivity contribution in [2.75, 3.05) is 6.61 Å². The second-order valence-electron chi connectivity index (χ2n) is 6.48. The summed E-state index contributed by atoms with van der Waals surface area (Å²) in [6, 6.07) is 13.3. The van der Waals surface area contributed by atoms with Crippen LogP contribution in [0.15, 0.2) is 52.0 Å². The fourth-order valence-corrected chi connectivity index (χ4v) is 3.28. The lowest BCUT2D eigenvalue weighted by molar-refractivity contribution is -0.00814. The number of hydrogen-bond acceptors (Lipinski definition) is 6. The van der Waals surface area contributed by atoms with E-state index in [4.69, 9.17) is 37.2 Å². The molecule has 4 rings (SSSR count). The molecule has 1 unspecified atom stereocenters. The summed E-state index contributed by atoms with van der Waals surface area (Å²) in [7, 11) is 0. The Morgan fingerprint density at radius 1 is 1.11 bits per heavy atom. The number of rotatable bonds is 6. The molecule has 144 valence electrons. The molecule has 0 radical (unpaired) electrons. The molecule has 0 saturated heterocycles. The van der Waals surface area contributed by atoms with Crippen molar-refractivity contribution in [3.05, 3.63) is 69.5 Å². The summed E-state index contributed by atoms with van der Waals surface area (Å²) in [5.41, 5.74) is 3.82. The Morgan fingerprint density at radius 2 is 1.93 bits per heavy atom. The lowest BCUT2D eigenvalue weighted by Crippen LogP contribution is -2.16. The molecule has 0 amide bonds. The molecule has 1 aliphatic heterocycles. The maximum Gasteiger partial charge on any atom is 0.249 e. The lowest BCUT2D eigenvalue weighted by Gasteiger charge is -2.07. The van der Waals surface area contributed by atoms with Crippen LogP contribution in [-0.2, 0) is 16.2 Å². The van der Waals surface area contributed by atoms with Gasteiger partial charge in [-0.15, -0.1) is 10.2 Å². The average molecular weight is 418 g/mol. The second kappa shape index (κ2) is 8.31. The van der Waals surface area contributed by atoms with Gasteiger partial charge in [-0.3, -0.25) is 0 Å². The van der Waals surface area contributed by atoms with Gasteiger partial charge in [-0.05, 0) is 30.7 Å². The smallest absolute Gasteiger partial charge is 0.249 e. The van der Waals surface area contributed by atoms with Crippen molar-refractivity contribution < 1.29 is 14.0 Å². The SMILES string of the molecule is Cc1ccc(C2=NOC(COCc3nnc(-c4ccc(Cl)cc4Cl)o3)C2)cc1. The molecule has 6 nitrogen and oxygen atoms in total. The van der Waals surface area contributed by atoms with Gasteiger partial charge < -0.3 is 14.0 Å². The van der Waals surface area contributed by atoms with Gasteiger partial charge in [0, 0.05) is 11.4 Å². The Kier molecular flexibility index (Phi) is 5.62. The minimum atomic E-state index is -0.135. The first-order chi connectivity index (χ1) is 13.6. The zero-order valence-corrected chi connectivity index (χ0v) is 16.6. The van der Waals surface area contributed by atoms with Crippen LogP contribution in [0.4, 0.5) is 0 Å². The molecule has 8 heteroatoms. The highest BCUT2D eigenvalue weighted by molar-refractivity contribution is 6.36. The van der Waals surface area contributed by atoms with Crippen molar-refractivity contribution in [2.24, 2.45) is 5.16 Å². The predicted molar refractivity (Wildman–Crippen MR) is 107 cm³/mol. The molecular formula is C20H17Cl2N3O3. The molecule has 0 bridgehead atoms. The van der Waals surface area contributed by atoms with E-state index in [-0.39, 0.29) is 12.7 Å². The highest BCUT2D eigenvalue weighted by atomic mass is 35.5. The van der Waals surface area contributed by atoms with E-state index in [0.29, 0.717) is 40.4 Å². The van der Waals surface area contributed by atoms with Crippen LogP contribution in [0.3, 0.4) is 0 Å². The van der Waals surface area contributed by atoms with Crippen LogP contribution in [0.25, 0.3) is 11.5 Å². The van der Waals surface area contributed by atoms with E-state index in [1.165, 1.54) is 5.56 Å². The van der Waals surface area contributed by atoms with E-state index in [1.807, 2.05) is 12.1 Å². The average Bonchev–Trinajstić information content (AvgIpc) is 3.32. The van der Waals surface area contributed by atoms with Crippen LogP contribution in [0, 0.1) is 6.92 Å². The van der Waals surface area contributed by atoms with E-state index in [0.717, 1.165) is 11.3 Å². The molecular weight excluding hydrogens is 401 g/mol. The van der Waals surface area contributed by atoms with E-state index < -0.39 is 0 Å². The summed E-state index contributed by atoms with van der Waals surface area (Å²) in [6.07, 6.45) is 0.558. The number of nitrogens with zero attached hydrogens (tertiary/aromatic N) is 3. The third-order valence-electron chi connectivity index (χ3n) is 4.28. The zero-order chi connectivity index (χ0) is 19.5. The predicted octanol–water partition coefficient (Wildman–Crippen LogP) is 5.06. The van der Waals surface area contributed by atoms with Gasteiger partial charge in [-0.2, -0.15) is 0 Å². The summed E-state index contributed by atoms with van der Waals surface area (Å²) in [6.45, 7) is 2.60. The molecule has 0 N–H and O–H groups in total. The second-order valence-corrected chi connectivity index (χ2v) is 7.32. The molecule has 0 aliphatic carbocycles. The Hall–Kier alpha value is -2.41. The Labute approximate surface area is 172 Å². The summed E-state index contributed by atoms with van der Waals surface area (Å²) in [4.78, 5) is 5.46. The van der Waals surface area contributed by atoms with Gasteiger partial charge in [0.25, 0.3) is 0 Å². The first-order valence-electron chi connectivity index (χ1n) is 8.74. The fourth-order valence-electron chi connectivity index (χ4n) is 2.80. The molecule has 0 spiro atoms. The van der Waals surface area contributed by atoms with Crippen LogP contribution in [0.2, 0.25) is 10.0 Å². The summed E-state index contributed by atoms with van der Waals surface area (Å²) in [5, 5.41) is 13.1. The first-order valence-corrected chi connectivity index (χ1v) is 9.49. The fraction of sp³-hybridized carbons (Fsp3) is 0.250. The van der Waals surface area contributed by atoms with Gasteiger partial charge in [0.15, 0.2) is 6.10 Å². The maximum atomic E-state index is 6.16. The van der Waals surface area contributed by atoms with Crippen LogP contribution in [-0.4, -0.2) is 28.6 Å². The number of oxime groups is 1. The highest BCUT2D eigenvalue weighted by Gasteiger charge is 2.22. The number of ether oxygens (including phenoxy) is 1. The Morgan fingerprint density at radius 3 is 2.71 bits per heavy atom. The van der Waals surface area contributed by atoms with Crippen molar-refractivity contribution in [1.29, 1.82) is 0 Å². The van der Waals surface area contributed by atoms with Gasteiger partial charge in [0.2, 0.25) is 11.8 Å². The van der Waals surface area contributed by atoms with E-state index >= 15 is 0 Å². The molecule has 2 aromatic carbocycles. The van der Waals surface area contributed by atoms with Gasteiger partial charge >= 0.3 is 0 Å². The third kappa shape index (κ3) is 4.35. The Bertz CT molecular complexity index is 1000. The van der Waals surface area contributed by atoms with Crippen LogP contribution >= 0.6 is 23.2 Å². The molecule has 3 aromatic rings. The molecule has 1 aliphatic rings. The van der Waals surface area contributed by atoms with Gasteiger partial charge in [-0.1, -0.05) is 58.2 Å². The van der Waals surface area contributed by atoms with Gasteiger partial charge in [-0.25, -0.2) is 0 Å². The van der Waals surface area contributed by atoms with Crippen molar-refractivity contribution in [2.45, 2.75) is 26.1 Å². The normalized spacial score (nSPS) is 16.1. The van der Waals surface area contributed by atoms with E-state index in [1.54, 1.807) is 18.2 Å². The number of halogens is 2. The van der Waals surface area contributed by atoms with Crippen LogP contribution in [0.1, 0.15) is 23.4 Å². The standard InChI is InChI=1S/C20H17Cl2N3O3/c1-12-2-4-13(5-3-12)18-9-15(28-25-18)10-26-11-19-23-24-20(27-19)16-7-6-14(21)8-17(16)22/h2-8,15H,9-11H2,1H3. The summed E-state index contributed by atoms with van der Waals surface area (Å²) in [5.74, 6) is 0.682. The number of benzene rings is 2. The summed E-state index contributed by atoms with van der Waals surface area (Å²) < 4.78 is 11.3. The topological polar surface area (TPSA) is 69.7 Å². The van der Waals surface area contributed by atoms with Gasteiger partial charge in [0.1, 0.15) is 6.61 Å². The number of aryl methyl sites for hydroxylation is 1. The Balaban J connectivity index is 1.28. The number of hydrogen-bond donors (Lipinski definition) is 0. The molecule has 0 saturated carbocycles. The molecule has 1 aromatic heterocycles. The van der Waals surface area contributed by atoms with Crippen molar-refractivity contribution in [1.82, 2.24) is 10.2 Å². The van der Waals surface area contributed by atoms with Gasteiger partial charge in [0.05, 0.1) is 22.9 Å². The highest BCUT2D eigenvalue weighted by Crippen LogP contribution is 2.29. The molecule has 0 fully saturated rings. The van der Waals surface area contributed by atoms with Crippen molar-refractivity contribution >= 4 is 28.9 Å². The monoisotopic (exact) mass is 417 g/mol. The minimum Gasteiger partial charge on any atom is -0.418 e. The van der Waals surface area contributed by atoms with Crippen LogP contribution in [0.5, 0.6) is 0 Å². The third-order valence-corrected chi connectivity index (χ3v) is 4.82. The zero-order valence-electron chi connectivity index (χ0n) is 15.1. The molecule has 2 heterocycles. The summed E-state index contributed by atoms with van der Waals surface area (Å²) >= 11 is 12.1. The first kappa shape index (κ1) is 18.9. The number of aromatic nitrogens is 2. The van der Waals surface area contributed by atoms with E-state index in [2.05, 4.69) is 34.4 Å². The largest absolute Gasteiger partial charge is 0.418 e. The van der Waals surface area contributed by atoms with Crippen molar-refractivity contribution in [3.63, 3.8) is 0 Å². The van der Waals surface area contributed by atoms with E-state index in [9.17, 15) is 0 Å². The van der Waals surface area contributed by atoms with Crippen LogP contribution < -0.4 is 0 Å². The van der Waals surface area contributed by atoms with Crippen molar-refractivity contribution in [3.8, 4) is 11.5 Å².